The largest absolute Gasteiger partial charge is 0.375 e. The fourth-order valence-electron chi connectivity index (χ4n) is 3.01. The standard InChI is InChI=1S/C13H24N2O2/c1-3-13(4-2)10-11(6-9-17-13)15-8-5-7-14-12(15)16/h11H,3-10H2,1-2H3,(H,14,16). The van der Waals surface area contributed by atoms with Gasteiger partial charge >= 0.3 is 6.03 Å². The van der Waals surface area contributed by atoms with Crippen molar-refractivity contribution in [2.24, 2.45) is 0 Å². The Morgan fingerprint density at radius 2 is 2.24 bits per heavy atom. The van der Waals surface area contributed by atoms with Crippen LogP contribution >= 0.6 is 0 Å². The molecule has 17 heavy (non-hydrogen) atoms. The van der Waals surface area contributed by atoms with Crippen molar-refractivity contribution < 1.29 is 9.53 Å². The number of ether oxygens (including phenoxy) is 1. The van der Waals surface area contributed by atoms with Gasteiger partial charge in [-0.15, -0.1) is 0 Å². The number of nitrogens with zero attached hydrogens (tertiary/aromatic N) is 1. The highest BCUT2D eigenvalue weighted by molar-refractivity contribution is 5.75. The van der Waals surface area contributed by atoms with Gasteiger partial charge in [0.1, 0.15) is 0 Å². The lowest BCUT2D eigenvalue weighted by molar-refractivity contribution is -0.105. The molecule has 4 heteroatoms. The van der Waals surface area contributed by atoms with Crippen molar-refractivity contribution in [2.75, 3.05) is 19.7 Å². The molecular weight excluding hydrogens is 216 g/mol. The predicted molar refractivity (Wildman–Crippen MR) is 67.0 cm³/mol. The molecule has 0 aliphatic carbocycles. The first-order valence-electron chi connectivity index (χ1n) is 6.89. The zero-order valence-electron chi connectivity index (χ0n) is 11.0. The highest BCUT2D eigenvalue weighted by Gasteiger charge is 2.38. The Morgan fingerprint density at radius 1 is 1.47 bits per heavy atom. The molecule has 2 aliphatic rings. The molecule has 0 aromatic carbocycles. The molecule has 0 aromatic rings. The summed E-state index contributed by atoms with van der Waals surface area (Å²) in [5, 5.41) is 2.94. The Kier molecular flexibility index (Phi) is 3.92. The topological polar surface area (TPSA) is 41.6 Å². The Morgan fingerprint density at radius 3 is 2.88 bits per heavy atom. The highest BCUT2D eigenvalue weighted by atomic mass is 16.5. The fourth-order valence-corrected chi connectivity index (χ4v) is 3.01. The van der Waals surface area contributed by atoms with E-state index in [1.165, 1.54) is 0 Å². The maximum absolute atomic E-state index is 11.9. The summed E-state index contributed by atoms with van der Waals surface area (Å²) in [6.07, 6.45) is 5.11. The molecule has 1 N–H and O–H groups in total. The molecule has 4 nitrogen and oxygen atoms in total. The van der Waals surface area contributed by atoms with Crippen LogP contribution in [0.3, 0.4) is 0 Å². The van der Waals surface area contributed by atoms with Crippen molar-refractivity contribution in [3.63, 3.8) is 0 Å². The van der Waals surface area contributed by atoms with E-state index in [2.05, 4.69) is 19.2 Å². The number of nitrogens with one attached hydrogen (secondary N) is 1. The summed E-state index contributed by atoms with van der Waals surface area (Å²) in [4.78, 5) is 13.9. The minimum Gasteiger partial charge on any atom is -0.375 e. The van der Waals surface area contributed by atoms with Crippen molar-refractivity contribution in [1.29, 1.82) is 0 Å². The van der Waals surface area contributed by atoms with Crippen LogP contribution in [0.1, 0.15) is 46.0 Å². The van der Waals surface area contributed by atoms with Crippen LogP contribution in [0, 0.1) is 0 Å². The van der Waals surface area contributed by atoms with Crippen LogP contribution in [0.2, 0.25) is 0 Å². The van der Waals surface area contributed by atoms with Gasteiger partial charge in [0, 0.05) is 25.7 Å². The fraction of sp³-hybridized carbons (Fsp3) is 0.923. The molecule has 2 amide bonds. The lowest BCUT2D eigenvalue weighted by Crippen LogP contribution is -2.55. The zero-order valence-corrected chi connectivity index (χ0v) is 11.0. The smallest absolute Gasteiger partial charge is 0.317 e. The second kappa shape index (κ2) is 5.25. The molecular formula is C13H24N2O2. The molecule has 1 atom stereocenters. The van der Waals surface area contributed by atoms with E-state index in [0.717, 1.165) is 51.8 Å². The first kappa shape index (κ1) is 12.7. The van der Waals surface area contributed by atoms with Gasteiger partial charge in [-0.25, -0.2) is 4.79 Å². The number of urea groups is 1. The molecule has 0 saturated carbocycles. The van der Waals surface area contributed by atoms with Crippen molar-refractivity contribution in [1.82, 2.24) is 10.2 Å². The minimum absolute atomic E-state index is 0.000639. The average molecular weight is 240 g/mol. The van der Waals surface area contributed by atoms with E-state index in [-0.39, 0.29) is 11.6 Å². The van der Waals surface area contributed by atoms with E-state index in [1.54, 1.807) is 0 Å². The molecule has 0 bridgehead atoms. The maximum atomic E-state index is 11.9. The number of rotatable bonds is 3. The van der Waals surface area contributed by atoms with Gasteiger partial charge in [0.25, 0.3) is 0 Å². The van der Waals surface area contributed by atoms with Crippen molar-refractivity contribution in [2.45, 2.75) is 57.6 Å². The normalized spacial score (nSPS) is 28.9. The molecule has 2 saturated heterocycles. The first-order chi connectivity index (χ1) is 8.21. The maximum Gasteiger partial charge on any atom is 0.317 e. The molecule has 98 valence electrons. The Hall–Kier alpha value is -0.770. The van der Waals surface area contributed by atoms with E-state index >= 15 is 0 Å². The summed E-state index contributed by atoms with van der Waals surface area (Å²) in [5.41, 5.74) is 0.000639. The van der Waals surface area contributed by atoms with Gasteiger partial charge in [-0.2, -0.15) is 0 Å². The van der Waals surface area contributed by atoms with E-state index in [9.17, 15) is 4.79 Å². The van der Waals surface area contributed by atoms with Gasteiger partial charge in [-0.3, -0.25) is 0 Å². The zero-order chi connectivity index (χ0) is 12.3. The third-order valence-electron chi connectivity index (χ3n) is 4.31. The summed E-state index contributed by atoms with van der Waals surface area (Å²) >= 11 is 0. The van der Waals surface area contributed by atoms with Crippen molar-refractivity contribution in [3.05, 3.63) is 0 Å². The van der Waals surface area contributed by atoms with E-state index in [1.807, 2.05) is 4.90 Å². The predicted octanol–water partition coefficient (Wildman–Crippen LogP) is 2.14. The Balaban J connectivity index is 2.03. The monoisotopic (exact) mass is 240 g/mol. The third-order valence-corrected chi connectivity index (χ3v) is 4.31. The second-order valence-corrected chi connectivity index (χ2v) is 5.16. The van der Waals surface area contributed by atoms with Crippen molar-refractivity contribution in [3.8, 4) is 0 Å². The number of amides is 2. The van der Waals surface area contributed by atoms with Gasteiger partial charge in [0.2, 0.25) is 0 Å². The van der Waals surface area contributed by atoms with Gasteiger partial charge in [0.05, 0.1) is 5.60 Å². The minimum atomic E-state index is 0.000639. The SMILES string of the molecule is CCC1(CC)CC(N2CCCNC2=O)CCO1. The molecule has 2 fully saturated rings. The number of hydrogen-bond donors (Lipinski definition) is 1. The van der Waals surface area contributed by atoms with E-state index in [4.69, 9.17) is 4.74 Å². The lowest BCUT2D eigenvalue weighted by Gasteiger charge is -2.45. The van der Waals surface area contributed by atoms with Crippen LogP contribution in [0.15, 0.2) is 0 Å². The number of carbonyl (C=O) groups is 1. The Bertz CT molecular complexity index is 277. The summed E-state index contributed by atoms with van der Waals surface area (Å²) in [6.45, 7) is 6.88. The van der Waals surface area contributed by atoms with Crippen LogP contribution < -0.4 is 5.32 Å². The van der Waals surface area contributed by atoms with Crippen molar-refractivity contribution >= 4 is 6.03 Å². The summed E-state index contributed by atoms with van der Waals surface area (Å²) in [6, 6.07) is 0.480. The van der Waals surface area contributed by atoms with Gasteiger partial charge in [0.15, 0.2) is 0 Å². The molecule has 0 aromatic heterocycles. The number of hydrogen-bond acceptors (Lipinski definition) is 2. The summed E-state index contributed by atoms with van der Waals surface area (Å²) < 4.78 is 5.96. The quantitative estimate of drug-likeness (QED) is 0.821. The summed E-state index contributed by atoms with van der Waals surface area (Å²) in [5.74, 6) is 0. The van der Waals surface area contributed by atoms with E-state index < -0.39 is 0 Å². The molecule has 2 aliphatic heterocycles. The van der Waals surface area contributed by atoms with Crippen LogP contribution in [-0.4, -0.2) is 42.3 Å². The van der Waals surface area contributed by atoms with Gasteiger partial charge in [-0.1, -0.05) is 13.8 Å². The van der Waals surface area contributed by atoms with Crippen LogP contribution in [0.4, 0.5) is 4.79 Å². The highest BCUT2D eigenvalue weighted by Crippen LogP contribution is 2.33. The van der Waals surface area contributed by atoms with Crippen LogP contribution in [0.25, 0.3) is 0 Å². The molecule has 0 spiro atoms. The third kappa shape index (κ3) is 2.57. The van der Waals surface area contributed by atoms with Crippen LogP contribution in [0.5, 0.6) is 0 Å². The molecule has 0 radical (unpaired) electrons. The first-order valence-corrected chi connectivity index (χ1v) is 6.89. The number of carbonyl (C=O) groups excluding carboxylic acids is 1. The Labute approximate surface area is 104 Å². The van der Waals surface area contributed by atoms with E-state index in [0.29, 0.717) is 6.04 Å². The average Bonchev–Trinajstić information content (AvgIpc) is 2.39. The van der Waals surface area contributed by atoms with Gasteiger partial charge in [-0.05, 0) is 32.1 Å². The molecule has 2 rings (SSSR count). The van der Waals surface area contributed by atoms with Crippen LogP contribution in [-0.2, 0) is 4.74 Å². The summed E-state index contributed by atoms with van der Waals surface area (Å²) in [7, 11) is 0. The lowest BCUT2D eigenvalue weighted by atomic mass is 9.85. The van der Waals surface area contributed by atoms with Gasteiger partial charge < -0.3 is 15.0 Å². The molecule has 1 unspecified atom stereocenters. The second-order valence-electron chi connectivity index (χ2n) is 5.16. The molecule has 2 heterocycles.